The Labute approximate surface area is 172 Å². The number of aryl methyl sites for hydroxylation is 1. The lowest BCUT2D eigenvalue weighted by Gasteiger charge is -2.10. The minimum atomic E-state index is 0.666. The maximum absolute atomic E-state index is 4.75. The number of nitrogens with one attached hydrogen (secondary N) is 1. The van der Waals surface area contributed by atoms with E-state index in [4.69, 9.17) is 5.10 Å². The van der Waals surface area contributed by atoms with Gasteiger partial charge in [-0.25, -0.2) is 9.67 Å². The van der Waals surface area contributed by atoms with E-state index < -0.39 is 0 Å². The lowest BCUT2D eigenvalue weighted by molar-refractivity contribution is 0.866. The first-order valence-electron chi connectivity index (χ1n) is 9.87. The summed E-state index contributed by atoms with van der Waals surface area (Å²) in [7, 11) is 0. The van der Waals surface area contributed by atoms with Gasteiger partial charge in [0.25, 0.3) is 0 Å². The lowest BCUT2D eigenvalue weighted by Crippen LogP contribution is -2.13. The fraction of sp³-hybridized carbons (Fsp3) is 0.0833. The summed E-state index contributed by atoms with van der Waals surface area (Å²) in [6.07, 6.45) is 3.63. The average Bonchev–Trinajstić information content (AvgIpc) is 3.35. The largest absolute Gasteiger partial charge is 0.339 e. The zero-order chi connectivity index (χ0) is 20.1. The van der Waals surface area contributed by atoms with Crippen LogP contribution in [0.1, 0.15) is 17.0 Å². The fourth-order valence-corrected chi connectivity index (χ4v) is 4.05. The van der Waals surface area contributed by atoms with E-state index >= 15 is 0 Å². The average molecular weight is 390 g/mol. The van der Waals surface area contributed by atoms with Crippen LogP contribution in [0.5, 0.6) is 0 Å². The molecule has 0 amide bonds. The van der Waals surface area contributed by atoms with Crippen LogP contribution in [0.25, 0.3) is 27.5 Å². The fourth-order valence-electron chi connectivity index (χ4n) is 4.05. The first-order valence-corrected chi connectivity index (χ1v) is 9.87. The second kappa shape index (κ2) is 6.49. The molecule has 6 rings (SSSR count). The van der Waals surface area contributed by atoms with Crippen molar-refractivity contribution >= 4 is 33.2 Å². The Balaban J connectivity index is 1.42. The third-order valence-electron chi connectivity index (χ3n) is 5.50. The highest BCUT2D eigenvalue weighted by Crippen LogP contribution is 2.28. The van der Waals surface area contributed by atoms with Gasteiger partial charge in [-0.1, -0.05) is 24.3 Å². The molecule has 0 spiro atoms. The van der Waals surface area contributed by atoms with Gasteiger partial charge in [0.05, 0.1) is 17.8 Å². The number of hydrogen-bond donors (Lipinski definition) is 1. The van der Waals surface area contributed by atoms with Gasteiger partial charge in [-0.05, 0) is 48.7 Å². The third-order valence-corrected chi connectivity index (χ3v) is 5.50. The standard InChI is InChI=1S/C24H18N6/c1-15-19-6-2-3-7-21(19)30(29-15)24-20-9-8-18(13-16(20)10-12-26-24)28-23-22-17(14-27-23)5-4-11-25-22/h2-13H,14H2,1H3,(H,27,28). The molecule has 0 aliphatic carbocycles. The van der Waals surface area contributed by atoms with Gasteiger partial charge in [-0.15, -0.1) is 0 Å². The number of anilines is 1. The first-order chi connectivity index (χ1) is 14.8. The number of aromatic nitrogens is 4. The Hall–Kier alpha value is -4.06. The van der Waals surface area contributed by atoms with E-state index in [0.29, 0.717) is 6.54 Å². The second-order valence-electron chi connectivity index (χ2n) is 7.39. The van der Waals surface area contributed by atoms with E-state index in [1.165, 1.54) is 0 Å². The molecular weight excluding hydrogens is 372 g/mol. The SMILES string of the molecule is Cc1nn(-c2nccc3cc(NC4=NCc5cccnc54)ccc23)c2ccccc12. The predicted molar refractivity (Wildman–Crippen MR) is 119 cm³/mol. The molecule has 1 aliphatic heterocycles. The molecule has 0 saturated carbocycles. The quantitative estimate of drug-likeness (QED) is 0.476. The molecular formula is C24H18N6. The third kappa shape index (κ3) is 2.58. The van der Waals surface area contributed by atoms with E-state index in [0.717, 1.165) is 56.0 Å². The van der Waals surface area contributed by atoms with Crippen LogP contribution >= 0.6 is 0 Å². The molecule has 4 heterocycles. The molecule has 30 heavy (non-hydrogen) atoms. The second-order valence-corrected chi connectivity index (χ2v) is 7.39. The van der Waals surface area contributed by atoms with Gasteiger partial charge < -0.3 is 5.32 Å². The molecule has 6 heteroatoms. The van der Waals surface area contributed by atoms with Crippen LogP contribution in [0.15, 0.2) is 78.0 Å². The van der Waals surface area contributed by atoms with Crippen molar-refractivity contribution in [1.82, 2.24) is 19.7 Å². The van der Waals surface area contributed by atoms with Crippen LogP contribution in [0, 0.1) is 6.92 Å². The summed E-state index contributed by atoms with van der Waals surface area (Å²) in [5, 5.41) is 11.4. The number of benzene rings is 2. The van der Waals surface area contributed by atoms with E-state index in [9.17, 15) is 0 Å². The summed E-state index contributed by atoms with van der Waals surface area (Å²) in [5.74, 6) is 1.64. The topological polar surface area (TPSA) is 68.0 Å². The van der Waals surface area contributed by atoms with Crippen molar-refractivity contribution in [2.45, 2.75) is 13.5 Å². The summed E-state index contributed by atoms with van der Waals surface area (Å²) in [6.45, 7) is 2.69. The predicted octanol–water partition coefficient (Wildman–Crippen LogP) is 4.65. The molecule has 5 aromatic rings. The van der Waals surface area contributed by atoms with Crippen LogP contribution in [0.4, 0.5) is 5.69 Å². The summed E-state index contributed by atoms with van der Waals surface area (Å²) in [5.41, 5.74) is 5.09. The van der Waals surface area contributed by atoms with Crippen molar-refractivity contribution in [2.75, 3.05) is 5.32 Å². The van der Waals surface area contributed by atoms with Crippen molar-refractivity contribution < 1.29 is 0 Å². The Morgan fingerprint density at radius 2 is 1.83 bits per heavy atom. The number of fused-ring (bicyclic) bond motifs is 3. The minimum Gasteiger partial charge on any atom is -0.339 e. The van der Waals surface area contributed by atoms with Gasteiger partial charge in [-0.3, -0.25) is 9.98 Å². The highest BCUT2D eigenvalue weighted by Gasteiger charge is 2.17. The van der Waals surface area contributed by atoms with E-state index in [-0.39, 0.29) is 0 Å². The summed E-state index contributed by atoms with van der Waals surface area (Å²) in [4.78, 5) is 13.7. The number of amidine groups is 1. The van der Waals surface area contributed by atoms with Crippen molar-refractivity contribution in [3.63, 3.8) is 0 Å². The van der Waals surface area contributed by atoms with Gasteiger partial charge in [0.15, 0.2) is 11.7 Å². The first kappa shape index (κ1) is 16.9. The molecule has 0 saturated heterocycles. The van der Waals surface area contributed by atoms with Gasteiger partial charge in [0.2, 0.25) is 0 Å². The molecule has 0 bridgehead atoms. The van der Waals surface area contributed by atoms with Crippen molar-refractivity contribution in [3.8, 4) is 5.82 Å². The minimum absolute atomic E-state index is 0.666. The number of rotatable bonds is 2. The normalized spacial score (nSPS) is 12.9. The molecule has 6 nitrogen and oxygen atoms in total. The monoisotopic (exact) mass is 390 g/mol. The number of nitrogens with zero attached hydrogens (tertiary/aromatic N) is 5. The highest BCUT2D eigenvalue weighted by atomic mass is 15.3. The molecule has 1 N–H and O–H groups in total. The Morgan fingerprint density at radius 1 is 0.900 bits per heavy atom. The molecule has 144 valence electrons. The van der Waals surface area contributed by atoms with Gasteiger partial charge >= 0.3 is 0 Å². The maximum Gasteiger partial charge on any atom is 0.161 e. The molecule has 0 atom stereocenters. The van der Waals surface area contributed by atoms with E-state index in [1.54, 1.807) is 6.20 Å². The van der Waals surface area contributed by atoms with Gasteiger partial charge in [0.1, 0.15) is 5.69 Å². The molecule has 3 aromatic heterocycles. The van der Waals surface area contributed by atoms with Crippen molar-refractivity contribution in [3.05, 3.63) is 90.0 Å². The van der Waals surface area contributed by atoms with Gasteiger partial charge in [-0.2, -0.15) is 5.10 Å². The highest BCUT2D eigenvalue weighted by molar-refractivity contribution is 6.10. The summed E-state index contributed by atoms with van der Waals surface area (Å²) >= 11 is 0. The zero-order valence-electron chi connectivity index (χ0n) is 16.4. The van der Waals surface area contributed by atoms with Crippen LogP contribution in [-0.2, 0) is 6.54 Å². The Morgan fingerprint density at radius 3 is 2.80 bits per heavy atom. The van der Waals surface area contributed by atoms with Crippen molar-refractivity contribution in [1.29, 1.82) is 0 Å². The van der Waals surface area contributed by atoms with Crippen LogP contribution < -0.4 is 5.32 Å². The van der Waals surface area contributed by atoms with Crippen LogP contribution in [0.3, 0.4) is 0 Å². The molecule has 2 aromatic carbocycles. The van der Waals surface area contributed by atoms with E-state index in [1.807, 2.05) is 42.1 Å². The molecule has 0 unspecified atom stereocenters. The van der Waals surface area contributed by atoms with Crippen LogP contribution in [0.2, 0.25) is 0 Å². The summed E-state index contributed by atoms with van der Waals surface area (Å²) in [6, 6.07) is 20.5. The lowest BCUT2D eigenvalue weighted by atomic mass is 10.1. The number of pyridine rings is 2. The number of hydrogen-bond acceptors (Lipinski definition) is 5. The number of aliphatic imine (C=N–C) groups is 1. The van der Waals surface area contributed by atoms with E-state index in [2.05, 4.69) is 56.7 Å². The molecule has 1 aliphatic rings. The number of para-hydroxylation sites is 1. The maximum atomic E-state index is 4.75. The summed E-state index contributed by atoms with van der Waals surface area (Å²) < 4.78 is 1.93. The molecule has 0 fully saturated rings. The van der Waals surface area contributed by atoms with Gasteiger partial charge in [0, 0.05) is 34.4 Å². The van der Waals surface area contributed by atoms with Crippen LogP contribution in [-0.4, -0.2) is 25.6 Å². The van der Waals surface area contributed by atoms with Crippen molar-refractivity contribution in [2.24, 2.45) is 4.99 Å². The zero-order valence-corrected chi connectivity index (χ0v) is 16.4. The Bertz CT molecular complexity index is 1460. The smallest absolute Gasteiger partial charge is 0.161 e. The molecule has 0 radical (unpaired) electrons. The Kier molecular flexibility index (Phi) is 3.64.